The van der Waals surface area contributed by atoms with Crippen molar-refractivity contribution in [2.24, 2.45) is 0 Å². The SMILES string of the molecule is C[Si](C)C.[CH2-]C(C)(C)c1ccccc1[Si](C)(C)C.[Pd]. The molecule has 3 heteroatoms. The molecule has 1 aromatic rings. The van der Waals surface area contributed by atoms with E-state index in [1.54, 1.807) is 5.19 Å². The van der Waals surface area contributed by atoms with E-state index in [1.807, 2.05) is 0 Å². The van der Waals surface area contributed by atoms with Crippen LogP contribution in [0, 0.1) is 6.92 Å². The van der Waals surface area contributed by atoms with Crippen molar-refractivity contribution in [3.05, 3.63) is 36.8 Å². The molecule has 0 aromatic heterocycles. The summed E-state index contributed by atoms with van der Waals surface area (Å²) >= 11 is 0. The summed E-state index contributed by atoms with van der Waals surface area (Å²) in [6.45, 7) is 22.6. The Morgan fingerprint density at radius 1 is 1.00 bits per heavy atom. The normalized spacial score (nSPS) is 11.5. The van der Waals surface area contributed by atoms with Gasteiger partial charge in [0.1, 0.15) is 0 Å². The predicted molar refractivity (Wildman–Crippen MR) is 91.2 cm³/mol. The van der Waals surface area contributed by atoms with E-state index in [-0.39, 0.29) is 34.6 Å². The predicted octanol–water partition coefficient (Wildman–Crippen LogP) is 4.71. The fraction of sp³-hybridized carbons (Fsp3) is 0.562. The average molecular weight is 385 g/mol. The van der Waals surface area contributed by atoms with Gasteiger partial charge in [-0.2, -0.15) is 0 Å². The summed E-state index contributed by atoms with van der Waals surface area (Å²) in [5.41, 5.74) is 1.44. The standard InChI is InChI=1S/C13H21Si.C3H9Si.Pd/c1-13(2,3)11-9-7-8-10-12(11)14(4,5)6;1-4(2)3;/h7-10H,1H2,2-6H3;1-3H3;/q-1;;. The second-order valence-corrected chi connectivity index (χ2v) is 15.2. The van der Waals surface area contributed by atoms with Gasteiger partial charge in [0.2, 0.25) is 0 Å². The number of rotatable bonds is 2. The minimum absolute atomic E-state index is 0. The third-order valence-electron chi connectivity index (χ3n) is 2.46. The van der Waals surface area contributed by atoms with Crippen LogP contribution in [0.3, 0.4) is 0 Å². The van der Waals surface area contributed by atoms with Gasteiger partial charge >= 0.3 is 0 Å². The molecule has 0 fully saturated rings. The Hall–Kier alpha value is 0.316. The van der Waals surface area contributed by atoms with Crippen LogP contribution in [0.25, 0.3) is 0 Å². The minimum Gasteiger partial charge on any atom is -0.333 e. The Bertz CT molecular complexity index is 324. The third-order valence-corrected chi connectivity index (χ3v) is 4.52. The average Bonchev–Trinajstić information content (AvgIpc) is 2.14. The molecule has 113 valence electrons. The molecule has 0 bridgehead atoms. The monoisotopic (exact) mass is 384 g/mol. The van der Waals surface area contributed by atoms with Crippen molar-refractivity contribution in [2.45, 2.75) is 58.5 Å². The zero-order chi connectivity index (χ0) is 14.6. The first kappa shape index (κ1) is 21.6. The Balaban J connectivity index is 0. The second-order valence-electron chi connectivity index (χ2n) is 7.18. The molecule has 0 heterocycles. The Kier molecular flexibility index (Phi) is 9.75. The molecule has 1 aromatic carbocycles. The molecule has 0 saturated heterocycles. The van der Waals surface area contributed by atoms with Crippen LogP contribution in [-0.4, -0.2) is 16.9 Å². The molecule has 0 atom stereocenters. The zero-order valence-corrected chi connectivity index (χ0v) is 17.4. The van der Waals surface area contributed by atoms with E-state index in [0.29, 0.717) is 0 Å². The van der Waals surface area contributed by atoms with Crippen LogP contribution in [0.4, 0.5) is 0 Å². The molecule has 0 aliphatic heterocycles. The van der Waals surface area contributed by atoms with Crippen LogP contribution in [0.2, 0.25) is 39.3 Å². The first-order chi connectivity index (χ1) is 7.96. The van der Waals surface area contributed by atoms with Crippen molar-refractivity contribution in [3.63, 3.8) is 0 Å². The van der Waals surface area contributed by atoms with Crippen LogP contribution in [0.1, 0.15) is 19.4 Å². The quantitative estimate of drug-likeness (QED) is 0.511. The first-order valence-electron chi connectivity index (χ1n) is 6.68. The van der Waals surface area contributed by atoms with E-state index in [4.69, 9.17) is 0 Å². The molecule has 0 spiro atoms. The molecule has 0 N–H and O–H groups in total. The van der Waals surface area contributed by atoms with Gasteiger partial charge < -0.3 is 6.92 Å². The van der Waals surface area contributed by atoms with Gasteiger partial charge in [-0.25, -0.2) is 0 Å². The van der Waals surface area contributed by atoms with E-state index in [2.05, 4.69) is 84.3 Å². The van der Waals surface area contributed by atoms with Crippen LogP contribution in [0.5, 0.6) is 0 Å². The van der Waals surface area contributed by atoms with Crippen molar-refractivity contribution in [1.82, 2.24) is 0 Å². The maximum absolute atomic E-state index is 4.24. The minimum atomic E-state index is -1.23. The summed E-state index contributed by atoms with van der Waals surface area (Å²) in [4.78, 5) is 0. The molecule has 0 saturated carbocycles. The third kappa shape index (κ3) is 8.97. The van der Waals surface area contributed by atoms with Crippen molar-refractivity contribution in [2.75, 3.05) is 0 Å². The summed E-state index contributed by atoms with van der Waals surface area (Å²) in [6, 6.07) is 8.75. The zero-order valence-electron chi connectivity index (χ0n) is 13.8. The van der Waals surface area contributed by atoms with Crippen molar-refractivity contribution in [3.8, 4) is 0 Å². The Morgan fingerprint density at radius 2 is 1.37 bits per heavy atom. The van der Waals surface area contributed by atoms with Gasteiger partial charge in [-0.3, -0.25) is 0 Å². The maximum Gasteiger partial charge on any atom is 0.0778 e. The summed E-state index contributed by atoms with van der Waals surface area (Å²) in [7, 11) is -1.11. The molecule has 0 aliphatic carbocycles. The molecule has 0 aliphatic rings. The second kappa shape index (κ2) is 8.57. The van der Waals surface area contributed by atoms with Gasteiger partial charge in [-0.15, -0.1) is 5.41 Å². The maximum atomic E-state index is 4.24. The smallest absolute Gasteiger partial charge is 0.0778 e. The van der Waals surface area contributed by atoms with Gasteiger partial charge in [0, 0.05) is 29.2 Å². The molecular weight excluding hydrogens is 355 g/mol. The Labute approximate surface area is 137 Å². The summed E-state index contributed by atoms with van der Waals surface area (Å²) in [5.74, 6) is 0. The summed E-state index contributed by atoms with van der Waals surface area (Å²) in [5, 5.41) is 1.54. The number of benzene rings is 1. The molecule has 0 amide bonds. The molecule has 19 heavy (non-hydrogen) atoms. The van der Waals surface area contributed by atoms with Gasteiger partial charge in [-0.1, -0.05) is 88.1 Å². The van der Waals surface area contributed by atoms with Crippen molar-refractivity contribution in [1.29, 1.82) is 0 Å². The van der Waals surface area contributed by atoms with E-state index >= 15 is 0 Å². The number of hydrogen-bond donors (Lipinski definition) is 0. The van der Waals surface area contributed by atoms with E-state index in [0.717, 1.165) is 0 Å². The van der Waals surface area contributed by atoms with Gasteiger partial charge in [0.15, 0.2) is 0 Å². The van der Waals surface area contributed by atoms with Crippen LogP contribution in [-0.2, 0) is 25.8 Å². The molecular formula is C16H30PdSi2-. The van der Waals surface area contributed by atoms with Gasteiger partial charge in [-0.05, 0) is 0 Å². The van der Waals surface area contributed by atoms with E-state index < -0.39 is 8.07 Å². The van der Waals surface area contributed by atoms with Gasteiger partial charge in [0.05, 0.1) is 8.07 Å². The van der Waals surface area contributed by atoms with Gasteiger partial charge in [0.25, 0.3) is 0 Å². The Morgan fingerprint density at radius 3 is 1.63 bits per heavy atom. The fourth-order valence-electron chi connectivity index (χ4n) is 1.73. The van der Waals surface area contributed by atoms with Crippen LogP contribution >= 0.6 is 0 Å². The molecule has 0 nitrogen and oxygen atoms in total. The molecule has 0 unspecified atom stereocenters. The summed E-state index contributed by atoms with van der Waals surface area (Å²) in [6.07, 6.45) is 0. The topological polar surface area (TPSA) is 0 Å². The van der Waals surface area contributed by atoms with Crippen LogP contribution < -0.4 is 5.19 Å². The van der Waals surface area contributed by atoms with E-state index in [1.165, 1.54) is 5.56 Å². The largest absolute Gasteiger partial charge is 0.333 e. The van der Waals surface area contributed by atoms with Crippen molar-refractivity contribution < 1.29 is 20.4 Å². The fourth-order valence-corrected chi connectivity index (χ4v) is 3.55. The first-order valence-corrected chi connectivity index (χ1v) is 13.2. The van der Waals surface area contributed by atoms with Crippen LogP contribution in [0.15, 0.2) is 24.3 Å². The van der Waals surface area contributed by atoms with Crippen molar-refractivity contribution >= 4 is 22.1 Å². The number of hydrogen-bond acceptors (Lipinski definition) is 0. The van der Waals surface area contributed by atoms with E-state index in [9.17, 15) is 0 Å². The molecule has 1 rings (SSSR count). The molecule has 1 radical (unpaired) electrons. The summed E-state index contributed by atoms with van der Waals surface area (Å²) < 4.78 is 0.